The second-order valence-corrected chi connectivity index (χ2v) is 4.19. The number of rotatable bonds is 5. The van der Waals surface area contributed by atoms with Crippen molar-refractivity contribution in [1.82, 2.24) is 5.32 Å². The first-order chi connectivity index (χ1) is 7.61. The van der Waals surface area contributed by atoms with Crippen molar-refractivity contribution in [3.05, 3.63) is 35.4 Å². The molecule has 3 heteroatoms. The number of aryl methyl sites for hydroxylation is 1. The summed E-state index contributed by atoms with van der Waals surface area (Å²) < 4.78 is 0. The van der Waals surface area contributed by atoms with E-state index < -0.39 is 0 Å². The molecule has 1 rings (SSSR count). The first-order valence-corrected chi connectivity index (χ1v) is 5.70. The fraction of sp³-hybridized carbons (Fsp3) is 0.462. The van der Waals surface area contributed by atoms with E-state index in [0.29, 0.717) is 6.54 Å². The van der Waals surface area contributed by atoms with Crippen LogP contribution in [0.25, 0.3) is 0 Å². The minimum absolute atomic E-state index is 0.00257. The lowest BCUT2D eigenvalue weighted by molar-refractivity contribution is 0.0952. The lowest BCUT2D eigenvalue weighted by Gasteiger charge is -2.08. The van der Waals surface area contributed by atoms with Crippen LogP contribution in [0.15, 0.2) is 24.3 Å². The molecule has 0 aliphatic rings. The SMILES string of the molecule is Cc1ccccc1C(=O)NCCCC(C)N. The highest BCUT2D eigenvalue weighted by Crippen LogP contribution is 2.06. The van der Waals surface area contributed by atoms with Crippen LogP contribution in [0.1, 0.15) is 35.7 Å². The Kier molecular flexibility index (Phi) is 4.99. The van der Waals surface area contributed by atoms with Crippen LogP contribution < -0.4 is 11.1 Å². The topological polar surface area (TPSA) is 55.1 Å². The van der Waals surface area contributed by atoms with Gasteiger partial charge in [0, 0.05) is 18.2 Å². The fourth-order valence-corrected chi connectivity index (χ4v) is 1.55. The van der Waals surface area contributed by atoms with Gasteiger partial charge in [-0.2, -0.15) is 0 Å². The van der Waals surface area contributed by atoms with Gasteiger partial charge in [0.2, 0.25) is 0 Å². The van der Waals surface area contributed by atoms with Crippen LogP contribution in [0.2, 0.25) is 0 Å². The summed E-state index contributed by atoms with van der Waals surface area (Å²) in [7, 11) is 0. The van der Waals surface area contributed by atoms with Crippen LogP contribution in [0.3, 0.4) is 0 Å². The van der Waals surface area contributed by atoms with Crippen molar-refractivity contribution in [2.24, 2.45) is 5.73 Å². The van der Waals surface area contributed by atoms with E-state index in [0.717, 1.165) is 24.0 Å². The van der Waals surface area contributed by atoms with Gasteiger partial charge < -0.3 is 11.1 Å². The number of carbonyl (C=O) groups excluding carboxylic acids is 1. The molecule has 0 heterocycles. The number of hydrogen-bond donors (Lipinski definition) is 2. The highest BCUT2D eigenvalue weighted by molar-refractivity contribution is 5.95. The molecule has 0 radical (unpaired) electrons. The summed E-state index contributed by atoms with van der Waals surface area (Å²) in [4.78, 5) is 11.8. The summed E-state index contributed by atoms with van der Waals surface area (Å²) in [6.07, 6.45) is 1.86. The molecule has 1 aromatic rings. The molecule has 1 amide bonds. The Morgan fingerprint density at radius 3 is 2.75 bits per heavy atom. The van der Waals surface area contributed by atoms with Crippen LogP contribution in [-0.2, 0) is 0 Å². The predicted octanol–water partition coefficient (Wildman–Crippen LogP) is 1.85. The zero-order valence-corrected chi connectivity index (χ0v) is 9.99. The highest BCUT2D eigenvalue weighted by Gasteiger charge is 2.06. The van der Waals surface area contributed by atoms with Gasteiger partial charge in [-0.1, -0.05) is 18.2 Å². The Balaban J connectivity index is 2.39. The van der Waals surface area contributed by atoms with E-state index in [1.54, 1.807) is 0 Å². The summed E-state index contributed by atoms with van der Waals surface area (Å²) in [5, 5.41) is 2.90. The first kappa shape index (κ1) is 12.7. The van der Waals surface area contributed by atoms with Crippen LogP contribution in [0.5, 0.6) is 0 Å². The van der Waals surface area contributed by atoms with Gasteiger partial charge in [0.15, 0.2) is 0 Å². The molecule has 0 saturated heterocycles. The molecular formula is C13H20N2O. The molecule has 0 fully saturated rings. The first-order valence-electron chi connectivity index (χ1n) is 5.70. The number of carbonyl (C=O) groups is 1. The van der Waals surface area contributed by atoms with Crippen LogP contribution in [0, 0.1) is 6.92 Å². The summed E-state index contributed by atoms with van der Waals surface area (Å²) in [5.74, 6) is 0.00257. The third-order valence-corrected chi connectivity index (χ3v) is 2.51. The average molecular weight is 220 g/mol. The number of hydrogen-bond acceptors (Lipinski definition) is 2. The minimum Gasteiger partial charge on any atom is -0.352 e. The molecule has 3 nitrogen and oxygen atoms in total. The van der Waals surface area contributed by atoms with Crippen molar-refractivity contribution in [3.63, 3.8) is 0 Å². The third-order valence-electron chi connectivity index (χ3n) is 2.51. The van der Waals surface area contributed by atoms with Crippen LogP contribution in [-0.4, -0.2) is 18.5 Å². The van der Waals surface area contributed by atoms with Crippen molar-refractivity contribution in [2.45, 2.75) is 32.7 Å². The molecule has 3 N–H and O–H groups in total. The number of benzene rings is 1. The molecule has 16 heavy (non-hydrogen) atoms. The standard InChI is InChI=1S/C13H20N2O/c1-10-6-3-4-8-12(10)13(16)15-9-5-7-11(2)14/h3-4,6,8,11H,5,7,9,14H2,1-2H3,(H,15,16). The smallest absolute Gasteiger partial charge is 0.251 e. The molecule has 1 unspecified atom stereocenters. The van der Waals surface area contributed by atoms with Crippen molar-refractivity contribution in [1.29, 1.82) is 0 Å². The third kappa shape index (κ3) is 4.03. The quantitative estimate of drug-likeness (QED) is 0.744. The van der Waals surface area contributed by atoms with E-state index in [4.69, 9.17) is 5.73 Å². The van der Waals surface area contributed by atoms with E-state index in [1.165, 1.54) is 0 Å². The van der Waals surface area contributed by atoms with Crippen molar-refractivity contribution < 1.29 is 4.79 Å². The second kappa shape index (κ2) is 6.28. The fourth-order valence-electron chi connectivity index (χ4n) is 1.55. The van der Waals surface area contributed by atoms with Gasteiger partial charge in [0.25, 0.3) is 5.91 Å². The Morgan fingerprint density at radius 2 is 2.12 bits per heavy atom. The number of amides is 1. The van der Waals surface area contributed by atoms with Crippen LogP contribution in [0.4, 0.5) is 0 Å². The van der Waals surface area contributed by atoms with Crippen LogP contribution >= 0.6 is 0 Å². The van der Waals surface area contributed by atoms with E-state index >= 15 is 0 Å². The summed E-state index contributed by atoms with van der Waals surface area (Å²) in [5.41, 5.74) is 7.39. The van der Waals surface area contributed by atoms with Gasteiger partial charge in [-0.05, 0) is 38.3 Å². The molecule has 0 bridgehead atoms. The molecule has 1 aromatic carbocycles. The van der Waals surface area contributed by atoms with Crippen molar-refractivity contribution >= 4 is 5.91 Å². The van der Waals surface area contributed by atoms with Gasteiger partial charge >= 0.3 is 0 Å². The number of nitrogens with two attached hydrogens (primary N) is 1. The molecule has 0 aliphatic heterocycles. The lowest BCUT2D eigenvalue weighted by atomic mass is 10.1. The second-order valence-electron chi connectivity index (χ2n) is 4.19. The van der Waals surface area contributed by atoms with E-state index in [1.807, 2.05) is 38.1 Å². The molecule has 0 saturated carbocycles. The maximum atomic E-state index is 11.8. The molecular weight excluding hydrogens is 200 g/mol. The predicted molar refractivity (Wildman–Crippen MR) is 66.4 cm³/mol. The molecule has 0 aliphatic carbocycles. The molecule has 1 atom stereocenters. The maximum Gasteiger partial charge on any atom is 0.251 e. The van der Waals surface area contributed by atoms with E-state index in [2.05, 4.69) is 5.32 Å². The van der Waals surface area contributed by atoms with Gasteiger partial charge in [0.1, 0.15) is 0 Å². The van der Waals surface area contributed by atoms with Gasteiger partial charge in [0.05, 0.1) is 0 Å². The van der Waals surface area contributed by atoms with Gasteiger partial charge in [-0.15, -0.1) is 0 Å². The summed E-state index contributed by atoms with van der Waals surface area (Å²) in [6.45, 7) is 4.61. The Bertz CT molecular complexity index is 348. The summed E-state index contributed by atoms with van der Waals surface area (Å²) >= 11 is 0. The number of nitrogens with one attached hydrogen (secondary N) is 1. The summed E-state index contributed by atoms with van der Waals surface area (Å²) in [6, 6.07) is 7.80. The monoisotopic (exact) mass is 220 g/mol. The Hall–Kier alpha value is -1.35. The Labute approximate surface area is 97.0 Å². The maximum absolute atomic E-state index is 11.8. The minimum atomic E-state index is 0.00257. The van der Waals surface area contributed by atoms with Gasteiger partial charge in [-0.3, -0.25) is 4.79 Å². The zero-order chi connectivity index (χ0) is 12.0. The van der Waals surface area contributed by atoms with Crippen molar-refractivity contribution in [2.75, 3.05) is 6.54 Å². The molecule has 0 aromatic heterocycles. The molecule has 0 spiro atoms. The van der Waals surface area contributed by atoms with Crippen molar-refractivity contribution in [3.8, 4) is 0 Å². The van der Waals surface area contributed by atoms with E-state index in [9.17, 15) is 4.79 Å². The molecule has 88 valence electrons. The van der Waals surface area contributed by atoms with Gasteiger partial charge in [-0.25, -0.2) is 0 Å². The lowest BCUT2D eigenvalue weighted by Crippen LogP contribution is -2.26. The normalized spacial score (nSPS) is 12.2. The zero-order valence-electron chi connectivity index (χ0n) is 9.99. The largest absolute Gasteiger partial charge is 0.352 e. The Morgan fingerprint density at radius 1 is 1.44 bits per heavy atom. The highest BCUT2D eigenvalue weighted by atomic mass is 16.1. The average Bonchev–Trinajstić information content (AvgIpc) is 2.24. The van der Waals surface area contributed by atoms with E-state index in [-0.39, 0.29) is 11.9 Å².